The van der Waals surface area contributed by atoms with Crippen molar-refractivity contribution in [3.05, 3.63) is 28.2 Å². The van der Waals surface area contributed by atoms with E-state index < -0.39 is 10.0 Å². The molecule has 8 heteroatoms. The zero-order valence-electron chi connectivity index (χ0n) is 11.2. The van der Waals surface area contributed by atoms with Gasteiger partial charge in [0.05, 0.1) is 6.54 Å². The quantitative estimate of drug-likeness (QED) is 0.861. The lowest BCUT2D eigenvalue weighted by molar-refractivity contribution is 0.377. The maximum Gasteiger partial charge on any atom is 0.252 e. The Labute approximate surface area is 116 Å². The fourth-order valence-electron chi connectivity index (χ4n) is 1.51. The Morgan fingerprint density at radius 1 is 1.37 bits per heavy atom. The smallest absolute Gasteiger partial charge is 0.252 e. The minimum absolute atomic E-state index is 0.0929. The van der Waals surface area contributed by atoms with Crippen molar-refractivity contribution < 1.29 is 12.9 Å². The topological polar surface area (TPSA) is 76.3 Å². The van der Waals surface area contributed by atoms with Crippen LogP contribution in [-0.4, -0.2) is 29.9 Å². The Balaban J connectivity index is 2.24. The fraction of sp³-hybridized carbons (Fsp3) is 0.455. The van der Waals surface area contributed by atoms with Crippen molar-refractivity contribution in [3.63, 3.8) is 0 Å². The molecule has 104 valence electrons. The van der Waals surface area contributed by atoms with Crippen LogP contribution < -0.4 is 0 Å². The highest BCUT2D eigenvalue weighted by Gasteiger charge is 2.24. The SMILES string of the molecule is Cc1nc(CN(C)S(=O)(=O)c2cc(C)c(C)s2)no1. The van der Waals surface area contributed by atoms with Crippen LogP contribution in [0.15, 0.2) is 14.8 Å². The normalized spacial score (nSPS) is 12.3. The molecule has 2 rings (SSSR count). The summed E-state index contributed by atoms with van der Waals surface area (Å²) in [6, 6.07) is 1.69. The average molecular weight is 301 g/mol. The van der Waals surface area contributed by atoms with E-state index in [1.165, 1.54) is 22.7 Å². The second-order valence-electron chi connectivity index (χ2n) is 4.30. The molecule has 19 heavy (non-hydrogen) atoms. The Kier molecular flexibility index (Phi) is 3.75. The molecular formula is C11H15N3O3S2. The maximum atomic E-state index is 12.4. The molecule has 0 aliphatic rings. The van der Waals surface area contributed by atoms with Gasteiger partial charge in [-0.15, -0.1) is 11.3 Å². The summed E-state index contributed by atoms with van der Waals surface area (Å²) in [5.74, 6) is 0.775. The molecule has 0 aromatic carbocycles. The molecule has 0 unspecified atom stereocenters. The summed E-state index contributed by atoms with van der Waals surface area (Å²) in [6.07, 6.45) is 0. The molecule has 0 bridgehead atoms. The van der Waals surface area contributed by atoms with E-state index in [0.717, 1.165) is 10.4 Å². The average Bonchev–Trinajstić information content (AvgIpc) is 2.87. The van der Waals surface area contributed by atoms with Gasteiger partial charge in [-0.3, -0.25) is 0 Å². The number of nitrogens with zero attached hydrogens (tertiary/aromatic N) is 3. The van der Waals surface area contributed by atoms with E-state index in [4.69, 9.17) is 4.52 Å². The van der Waals surface area contributed by atoms with Crippen molar-refractivity contribution in [2.24, 2.45) is 0 Å². The van der Waals surface area contributed by atoms with Crippen LogP contribution in [0.4, 0.5) is 0 Å². The number of aromatic nitrogens is 2. The minimum atomic E-state index is -3.50. The molecule has 0 amide bonds. The summed E-state index contributed by atoms with van der Waals surface area (Å²) in [6.45, 7) is 5.56. The van der Waals surface area contributed by atoms with Crippen LogP contribution in [0.2, 0.25) is 0 Å². The number of sulfonamides is 1. The van der Waals surface area contributed by atoms with E-state index in [0.29, 0.717) is 15.9 Å². The highest BCUT2D eigenvalue weighted by molar-refractivity contribution is 7.91. The van der Waals surface area contributed by atoms with E-state index in [-0.39, 0.29) is 6.54 Å². The molecule has 0 atom stereocenters. The molecule has 2 heterocycles. The summed E-state index contributed by atoms with van der Waals surface area (Å²) < 4.78 is 31.1. The Morgan fingerprint density at radius 2 is 2.05 bits per heavy atom. The summed E-state index contributed by atoms with van der Waals surface area (Å²) in [5.41, 5.74) is 0.979. The summed E-state index contributed by atoms with van der Waals surface area (Å²) in [4.78, 5) is 5.00. The van der Waals surface area contributed by atoms with Crippen LogP contribution in [0.3, 0.4) is 0 Å². The maximum absolute atomic E-state index is 12.4. The predicted molar refractivity (Wildman–Crippen MR) is 71.5 cm³/mol. The monoisotopic (exact) mass is 301 g/mol. The van der Waals surface area contributed by atoms with Crippen molar-refractivity contribution in [1.82, 2.24) is 14.4 Å². The number of hydrogen-bond donors (Lipinski definition) is 0. The fourth-order valence-corrected chi connectivity index (χ4v) is 4.36. The number of rotatable bonds is 4. The lowest BCUT2D eigenvalue weighted by Crippen LogP contribution is -2.26. The second kappa shape index (κ2) is 5.03. The zero-order chi connectivity index (χ0) is 14.2. The lowest BCUT2D eigenvalue weighted by Gasteiger charge is -2.13. The summed E-state index contributed by atoms with van der Waals surface area (Å²) in [5, 5.41) is 3.70. The molecule has 0 aliphatic carbocycles. The van der Waals surface area contributed by atoms with Gasteiger partial charge in [-0.05, 0) is 25.5 Å². The van der Waals surface area contributed by atoms with Crippen molar-refractivity contribution in [2.45, 2.75) is 31.5 Å². The third kappa shape index (κ3) is 2.85. The predicted octanol–water partition coefficient (Wildman–Crippen LogP) is 1.88. The third-order valence-corrected chi connectivity index (χ3v) is 6.15. The van der Waals surface area contributed by atoms with Gasteiger partial charge < -0.3 is 4.52 Å². The van der Waals surface area contributed by atoms with Crippen LogP contribution in [-0.2, 0) is 16.6 Å². The number of aryl methyl sites for hydroxylation is 3. The first kappa shape index (κ1) is 14.2. The first-order valence-electron chi connectivity index (χ1n) is 5.63. The van der Waals surface area contributed by atoms with E-state index in [9.17, 15) is 8.42 Å². The molecule has 2 aromatic rings. The molecular weight excluding hydrogens is 286 g/mol. The standard InChI is InChI=1S/C11H15N3O3S2/c1-7-5-11(18-8(7)2)19(15,16)14(4)6-10-12-9(3)17-13-10/h5H,6H2,1-4H3. The second-order valence-corrected chi connectivity index (χ2v) is 7.82. The molecule has 0 fully saturated rings. The van der Waals surface area contributed by atoms with Gasteiger partial charge in [-0.2, -0.15) is 9.29 Å². The molecule has 6 nitrogen and oxygen atoms in total. The van der Waals surface area contributed by atoms with E-state index in [1.54, 1.807) is 13.0 Å². The van der Waals surface area contributed by atoms with Crippen molar-refractivity contribution in [1.29, 1.82) is 0 Å². The van der Waals surface area contributed by atoms with Crippen LogP contribution in [0.1, 0.15) is 22.2 Å². The van der Waals surface area contributed by atoms with Crippen LogP contribution in [0.5, 0.6) is 0 Å². The Morgan fingerprint density at radius 3 is 2.53 bits per heavy atom. The van der Waals surface area contributed by atoms with Crippen molar-refractivity contribution in [3.8, 4) is 0 Å². The van der Waals surface area contributed by atoms with Gasteiger partial charge in [0.1, 0.15) is 4.21 Å². The number of hydrogen-bond acceptors (Lipinski definition) is 6. The molecule has 0 saturated heterocycles. The first-order chi connectivity index (χ1) is 8.80. The van der Waals surface area contributed by atoms with Gasteiger partial charge in [0.25, 0.3) is 10.0 Å². The highest BCUT2D eigenvalue weighted by Crippen LogP contribution is 2.27. The molecule has 0 saturated carbocycles. The van der Waals surface area contributed by atoms with E-state index in [1.807, 2.05) is 13.8 Å². The number of thiophene rings is 1. The molecule has 2 aromatic heterocycles. The zero-order valence-corrected chi connectivity index (χ0v) is 12.8. The first-order valence-corrected chi connectivity index (χ1v) is 7.89. The van der Waals surface area contributed by atoms with Crippen LogP contribution >= 0.6 is 11.3 Å². The third-order valence-electron chi connectivity index (χ3n) is 2.74. The molecule has 0 spiro atoms. The molecule has 0 aliphatic heterocycles. The lowest BCUT2D eigenvalue weighted by atomic mass is 10.3. The molecule has 0 radical (unpaired) electrons. The van der Waals surface area contributed by atoms with Gasteiger partial charge in [0.2, 0.25) is 5.89 Å². The molecule has 0 N–H and O–H groups in total. The highest BCUT2D eigenvalue weighted by atomic mass is 32.2. The van der Waals surface area contributed by atoms with Crippen molar-refractivity contribution >= 4 is 21.4 Å². The Bertz CT molecular complexity index is 668. The van der Waals surface area contributed by atoms with E-state index in [2.05, 4.69) is 10.1 Å². The van der Waals surface area contributed by atoms with Gasteiger partial charge in [-0.1, -0.05) is 5.16 Å². The van der Waals surface area contributed by atoms with Crippen molar-refractivity contribution in [2.75, 3.05) is 7.05 Å². The van der Waals surface area contributed by atoms with E-state index >= 15 is 0 Å². The minimum Gasteiger partial charge on any atom is -0.340 e. The van der Waals surface area contributed by atoms with Crippen LogP contribution in [0.25, 0.3) is 0 Å². The van der Waals surface area contributed by atoms with Crippen LogP contribution in [0, 0.1) is 20.8 Å². The largest absolute Gasteiger partial charge is 0.340 e. The van der Waals surface area contributed by atoms with Gasteiger partial charge in [-0.25, -0.2) is 8.42 Å². The Hall–Kier alpha value is -1.25. The van der Waals surface area contributed by atoms with Gasteiger partial charge in [0.15, 0.2) is 5.82 Å². The summed E-state index contributed by atoms with van der Waals surface area (Å²) >= 11 is 1.27. The summed E-state index contributed by atoms with van der Waals surface area (Å²) in [7, 11) is -1.99. The van der Waals surface area contributed by atoms with Gasteiger partial charge in [0, 0.05) is 18.8 Å². The van der Waals surface area contributed by atoms with Gasteiger partial charge >= 0.3 is 0 Å².